The highest BCUT2D eigenvalue weighted by Crippen LogP contribution is 2.33. The molecule has 1 aliphatic heterocycles. The van der Waals surface area contributed by atoms with Crippen molar-refractivity contribution in [1.29, 1.82) is 0 Å². The Morgan fingerprint density at radius 3 is 2.43 bits per heavy atom. The molecule has 2 N–H and O–H groups in total. The molecule has 5 nitrogen and oxygen atoms in total. The molecule has 5 heteroatoms. The fourth-order valence-electron chi connectivity index (χ4n) is 2.53. The number of para-hydroxylation sites is 2. The van der Waals surface area contributed by atoms with Gasteiger partial charge < -0.3 is 20.0 Å². The van der Waals surface area contributed by atoms with Crippen molar-refractivity contribution in [2.45, 2.75) is 0 Å². The molecule has 3 rings (SSSR count). The molecule has 0 saturated carbocycles. The van der Waals surface area contributed by atoms with Gasteiger partial charge in [0.2, 0.25) is 0 Å². The van der Waals surface area contributed by atoms with Gasteiger partial charge in [-0.05, 0) is 30.3 Å². The number of phenols is 2. The van der Waals surface area contributed by atoms with Crippen LogP contribution >= 0.6 is 0 Å². The number of benzene rings is 2. The van der Waals surface area contributed by atoms with Crippen LogP contribution in [0.15, 0.2) is 42.5 Å². The summed E-state index contributed by atoms with van der Waals surface area (Å²) in [6.45, 7) is 1.32. The highest BCUT2D eigenvalue weighted by atomic mass is 16.3. The Bertz CT molecular complexity index is 700. The molecule has 0 aromatic heterocycles. The summed E-state index contributed by atoms with van der Waals surface area (Å²) >= 11 is 0. The average Bonchev–Trinajstić information content (AvgIpc) is 2.50. The number of rotatable bonds is 1. The summed E-state index contributed by atoms with van der Waals surface area (Å²) in [4.78, 5) is 16.4. The summed E-state index contributed by atoms with van der Waals surface area (Å²) in [5.41, 5.74) is 2.20. The predicted molar refractivity (Wildman–Crippen MR) is 81.2 cm³/mol. The van der Waals surface area contributed by atoms with E-state index in [-0.39, 0.29) is 17.4 Å². The second-order valence-electron chi connectivity index (χ2n) is 5.07. The highest BCUT2D eigenvalue weighted by Gasteiger charge is 2.26. The molecule has 0 aliphatic carbocycles. The lowest BCUT2D eigenvalue weighted by Gasteiger charge is -2.35. The number of carbonyl (C=O) groups is 1. The number of hydrogen-bond donors (Lipinski definition) is 2. The normalized spacial score (nSPS) is 14.0. The third kappa shape index (κ3) is 2.27. The van der Waals surface area contributed by atoms with Crippen LogP contribution in [0.3, 0.4) is 0 Å². The Balaban J connectivity index is 1.99. The summed E-state index contributed by atoms with van der Waals surface area (Å²) in [6, 6.07) is 11.8. The van der Waals surface area contributed by atoms with E-state index < -0.39 is 0 Å². The lowest BCUT2D eigenvalue weighted by Crippen LogP contribution is -2.42. The van der Waals surface area contributed by atoms with E-state index in [1.54, 1.807) is 4.90 Å². The Morgan fingerprint density at radius 2 is 1.71 bits per heavy atom. The molecule has 2 aromatic carbocycles. The minimum absolute atomic E-state index is 0.189. The summed E-state index contributed by atoms with van der Waals surface area (Å²) < 4.78 is 0. The number of fused-ring (bicyclic) bond motifs is 1. The first-order chi connectivity index (χ1) is 10.1. The molecule has 0 saturated heterocycles. The van der Waals surface area contributed by atoms with E-state index >= 15 is 0 Å². The summed E-state index contributed by atoms with van der Waals surface area (Å²) in [5, 5.41) is 18.9. The highest BCUT2D eigenvalue weighted by molar-refractivity contribution is 6.08. The average molecular weight is 284 g/mol. The van der Waals surface area contributed by atoms with E-state index in [4.69, 9.17) is 0 Å². The van der Waals surface area contributed by atoms with Crippen LogP contribution in [-0.4, -0.2) is 36.3 Å². The van der Waals surface area contributed by atoms with Gasteiger partial charge in [0.15, 0.2) is 11.5 Å². The van der Waals surface area contributed by atoms with Crippen LogP contribution in [0.25, 0.3) is 0 Å². The van der Waals surface area contributed by atoms with Crippen LogP contribution < -0.4 is 9.80 Å². The zero-order valence-corrected chi connectivity index (χ0v) is 11.7. The van der Waals surface area contributed by atoms with Crippen molar-refractivity contribution in [3.63, 3.8) is 0 Å². The molecule has 1 aliphatic rings. The Kier molecular flexibility index (Phi) is 3.17. The van der Waals surface area contributed by atoms with Crippen LogP contribution in [0.4, 0.5) is 11.4 Å². The van der Waals surface area contributed by atoms with Crippen LogP contribution in [0.1, 0.15) is 10.4 Å². The maximum Gasteiger partial charge on any atom is 0.258 e. The Labute approximate surface area is 122 Å². The molecule has 0 fully saturated rings. The molecular weight excluding hydrogens is 268 g/mol. The number of amides is 1. The maximum atomic E-state index is 12.6. The molecule has 0 unspecified atom stereocenters. The van der Waals surface area contributed by atoms with Gasteiger partial charge in [-0.25, -0.2) is 0 Å². The van der Waals surface area contributed by atoms with Crippen LogP contribution in [-0.2, 0) is 0 Å². The second-order valence-corrected chi connectivity index (χ2v) is 5.07. The molecule has 21 heavy (non-hydrogen) atoms. The van der Waals surface area contributed by atoms with Gasteiger partial charge in [0.05, 0.1) is 11.4 Å². The van der Waals surface area contributed by atoms with Crippen molar-refractivity contribution < 1.29 is 15.0 Å². The first-order valence-corrected chi connectivity index (χ1v) is 6.72. The SMILES string of the molecule is CN1CCN(C(=O)c2ccc(O)c(O)c2)c2ccccc21. The maximum absolute atomic E-state index is 12.6. The predicted octanol–water partition coefficient (Wildman–Crippen LogP) is 2.19. The van der Waals surface area contributed by atoms with Crippen LogP contribution in [0.2, 0.25) is 0 Å². The van der Waals surface area contributed by atoms with Crippen molar-refractivity contribution in [3.05, 3.63) is 48.0 Å². The van der Waals surface area contributed by atoms with Crippen LogP contribution in [0, 0.1) is 0 Å². The van der Waals surface area contributed by atoms with E-state index in [1.807, 2.05) is 31.3 Å². The van der Waals surface area contributed by atoms with Crippen molar-refractivity contribution in [2.24, 2.45) is 0 Å². The van der Waals surface area contributed by atoms with Gasteiger partial charge >= 0.3 is 0 Å². The number of anilines is 2. The first kappa shape index (κ1) is 13.3. The van der Waals surface area contributed by atoms with E-state index in [2.05, 4.69) is 4.90 Å². The first-order valence-electron chi connectivity index (χ1n) is 6.72. The number of hydrogen-bond acceptors (Lipinski definition) is 4. The lowest BCUT2D eigenvalue weighted by molar-refractivity contribution is 0.0986. The number of carbonyl (C=O) groups excluding carboxylic acids is 1. The molecule has 0 spiro atoms. The molecule has 1 amide bonds. The number of phenolic OH excluding ortho intramolecular Hbond substituents is 2. The lowest BCUT2D eigenvalue weighted by atomic mass is 10.1. The van der Waals surface area contributed by atoms with Crippen molar-refractivity contribution in [2.75, 3.05) is 29.9 Å². The number of nitrogens with zero attached hydrogens (tertiary/aromatic N) is 2. The van der Waals surface area contributed by atoms with Gasteiger partial charge in [-0.3, -0.25) is 4.79 Å². The molecule has 0 bridgehead atoms. The number of aromatic hydroxyl groups is 2. The van der Waals surface area contributed by atoms with E-state index in [0.29, 0.717) is 12.1 Å². The van der Waals surface area contributed by atoms with Crippen LogP contribution in [0.5, 0.6) is 11.5 Å². The minimum atomic E-state index is -0.289. The third-order valence-corrected chi connectivity index (χ3v) is 3.71. The standard InChI is InChI=1S/C16H16N2O3/c1-17-8-9-18(13-5-3-2-4-12(13)17)16(21)11-6-7-14(19)15(20)10-11/h2-7,10,19-20H,8-9H2,1H3. The van der Waals surface area contributed by atoms with E-state index in [1.165, 1.54) is 18.2 Å². The van der Waals surface area contributed by atoms with Gasteiger partial charge in [-0.15, -0.1) is 0 Å². The fraction of sp³-hybridized carbons (Fsp3) is 0.188. The quantitative estimate of drug-likeness (QED) is 0.788. The van der Waals surface area contributed by atoms with E-state index in [9.17, 15) is 15.0 Å². The minimum Gasteiger partial charge on any atom is -0.504 e. The molecular formula is C16H16N2O3. The van der Waals surface area contributed by atoms with Gasteiger partial charge in [-0.2, -0.15) is 0 Å². The van der Waals surface area contributed by atoms with Crippen molar-refractivity contribution in [3.8, 4) is 11.5 Å². The molecule has 1 heterocycles. The van der Waals surface area contributed by atoms with Gasteiger partial charge in [-0.1, -0.05) is 12.1 Å². The summed E-state index contributed by atoms with van der Waals surface area (Å²) in [6.07, 6.45) is 0. The molecule has 2 aromatic rings. The molecule has 0 radical (unpaired) electrons. The van der Waals surface area contributed by atoms with Gasteiger partial charge in [0.1, 0.15) is 0 Å². The summed E-state index contributed by atoms with van der Waals surface area (Å²) in [7, 11) is 1.99. The molecule has 108 valence electrons. The topological polar surface area (TPSA) is 64.0 Å². The fourth-order valence-corrected chi connectivity index (χ4v) is 2.53. The zero-order valence-electron chi connectivity index (χ0n) is 11.7. The van der Waals surface area contributed by atoms with Gasteiger partial charge in [0, 0.05) is 25.7 Å². The molecule has 0 atom stereocenters. The summed E-state index contributed by atoms with van der Waals surface area (Å²) in [5.74, 6) is -0.709. The smallest absolute Gasteiger partial charge is 0.258 e. The monoisotopic (exact) mass is 284 g/mol. The van der Waals surface area contributed by atoms with Gasteiger partial charge in [0.25, 0.3) is 5.91 Å². The van der Waals surface area contributed by atoms with Crippen molar-refractivity contribution >= 4 is 17.3 Å². The zero-order chi connectivity index (χ0) is 15.0. The Morgan fingerprint density at radius 1 is 1.00 bits per heavy atom. The second kappa shape index (κ2) is 5.01. The third-order valence-electron chi connectivity index (χ3n) is 3.71. The Hall–Kier alpha value is -2.69. The van der Waals surface area contributed by atoms with Crippen molar-refractivity contribution in [1.82, 2.24) is 0 Å². The largest absolute Gasteiger partial charge is 0.504 e. The van der Waals surface area contributed by atoms with E-state index in [0.717, 1.165) is 17.9 Å². The number of likely N-dealkylation sites (N-methyl/N-ethyl adjacent to an activating group) is 1.